The summed E-state index contributed by atoms with van der Waals surface area (Å²) in [5.41, 5.74) is 2.12. The average molecular weight is 606 g/mol. The number of benzene rings is 5. The van der Waals surface area contributed by atoms with Crippen LogP contribution in [0.1, 0.15) is 75.0 Å². The maximum Gasteiger partial charge on any atom is 0.354 e. The molecule has 0 bridgehead atoms. The van der Waals surface area contributed by atoms with E-state index in [0.29, 0.717) is 11.3 Å². The van der Waals surface area contributed by atoms with Crippen molar-refractivity contribution in [2.45, 2.75) is 58.5 Å². The predicted octanol–water partition coefficient (Wildman–Crippen LogP) is 9.47. The molecule has 2 N–H and O–H groups in total. The molecular weight excluding hydrogens is 563 g/mol. The van der Waals surface area contributed by atoms with Crippen LogP contribution in [0.25, 0.3) is 10.8 Å². The summed E-state index contributed by atoms with van der Waals surface area (Å²) < 4.78 is 6.51. The van der Waals surface area contributed by atoms with Gasteiger partial charge >= 0.3 is 7.72 Å². The first kappa shape index (κ1) is 31.4. The minimum Gasteiger partial charge on any atom is -0.508 e. The van der Waals surface area contributed by atoms with Crippen LogP contribution in [0.15, 0.2) is 115 Å². The molecule has 4 nitrogen and oxygen atoms in total. The van der Waals surface area contributed by atoms with Crippen LogP contribution in [0.5, 0.6) is 11.5 Å². The Kier molecular flexibility index (Phi) is 8.71. The maximum absolute atomic E-state index is 14.4. The second-order valence-electron chi connectivity index (χ2n) is 12.8. The van der Waals surface area contributed by atoms with Gasteiger partial charge in [0.25, 0.3) is 0 Å². The number of carbonyl (C=O) groups excluding carboxylic acids is 1. The second-order valence-corrected chi connectivity index (χ2v) is 15.8. The van der Waals surface area contributed by atoms with Gasteiger partial charge in [-0.05, 0) is 90.0 Å². The molecule has 0 fully saturated rings. The van der Waals surface area contributed by atoms with Crippen molar-refractivity contribution in [1.82, 2.24) is 0 Å². The normalized spacial score (nSPS) is 17.2. The van der Waals surface area contributed by atoms with Crippen molar-refractivity contribution >= 4 is 29.6 Å². The number of hydrogen-bond donors (Lipinski definition) is 2. The van der Waals surface area contributed by atoms with Crippen LogP contribution in [0.4, 0.5) is 0 Å². The molecule has 0 heterocycles. The van der Waals surface area contributed by atoms with E-state index in [-0.39, 0.29) is 11.5 Å². The summed E-state index contributed by atoms with van der Waals surface area (Å²) in [6.07, 6.45) is 0.741. The predicted molar refractivity (Wildman–Crippen MR) is 183 cm³/mol. The van der Waals surface area contributed by atoms with Crippen molar-refractivity contribution < 1.29 is 19.3 Å². The molecule has 0 aromatic heterocycles. The molecule has 0 saturated carbocycles. The number of rotatable bonds is 7. The van der Waals surface area contributed by atoms with Gasteiger partial charge in [0, 0.05) is 5.56 Å². The van der Waals surface area contributed by atoms with Gasteiger partial charge in [0.1, 0.15) is 16.3 Å². The van der Waals surface area contributed by atoms with Crippen LogP contribution in [0.2, 0.25) is 0 Å². The van der Waals surface area contributed by atoms with E-state index in [2.05, 4.69) is 27.7 Å². The van der Waals surface area contributed by atoms with Crippen molar-refractivity contribution in [1.29, 1.82) is 0 Å². The fourth-order valence-electron chi connectivity index (χ4n) is 5.91. The largest absolute Gasteiger partial charge is 0.508 e. The van der Waals surface area contributed by atoms with Crippen LogP contribution in [-0.2, 0) is 5.41 Å². The number of ketones is 1. The number of carbonyl (C=O) groups is 1. The zero-order chi connectivity index (χ0) is 31.7. The van der Waals surface area contributed by atoms with Crippen molar-refractivity contribution in [3.63, 3.8) is 0 Å². The monoisotopic (exact) mass is 605 g/mol. The Bertz CT molecular complexity index is 1750. The molecule has 44 heavy (non-hydrogen) atoms. The summed E-state index contributed by atoms with van der Waals surface area (Å²) in [5.74, 6) is 1.53. The van der Waals surface area contributed by atoms with E-state index in [1.54, 1.807) is 12.1 Å². The Morgan fingerprint density at radius 3 is 1.89 bits per heavy atom. The average Bonchev–Trinajstić information content (AvgIpc) is 3.28. The third kappa shape index (κ3) is 5.31. The van der Waals surface area contributed by atoms with E-state index in [4.69, 9.17) is 4.52 Å². The quantitative estimate of drug-likeness (QED) is 0.181. The van der Waals surface area contributed by atoms with Crippen LogP contribution < -0.4 is 9.83 Å². The Hall–Kier alpha value is -3.98. The van der Waals surface area contributed by atoms with Gasteiger partial charge in [-0.15, -0.1) is 0 Å². The fraction of sp³-hybridized carbons (Fsp3) is 0.256. The van der Waals surface area contributed by atoms with Crippen molar-refractivity contribution in [2.75, 3.05) is 0 Å². The lowest BCUT2D eigenvalue weighted by Crippen LogP contribution is -2.35. The molecule has 5 aromatic rings. The van der Waals surface area contributed by atoms with Gasteiger partial charge in [0.15, 0.2) is 16.8 Å². The summed E-state index contributed by atoms with van der Waals surface area (Å²) in [7, 11) is -3.06. The lowest BCUT2D eigenvalue weighted by molar-refractivity contribution is 0.0944. The van der Waals surface area contributed by atoms with Crippen LogP contribution >= 0.6 is 7.72 Å². The highest BCUT2D eigenvalue weighted by atomic mass is 31.2. The summed E-state index contributed by atoms with van der Waals surface area (Å²) in [6.45, 7) is 12.6. The van der Waals surface area contributed by atoms with Gasteiger partial charge in [-0.1, -0.05) is 107 Å². The number of hydrogen-bond acceptors (Lipinski definition) is 4. The lowest BCUT2D eigenvalue weighted by atomic mass is 9.69. The minimum atomic E-state index is -3.06. The topological polar surface area (TPSA) is 66.8 Å². The number of phenols is 1. The van der Waals surface area contributed by atoms with E-state index in [1.807, 2.05) is 117 Å². The smallest absolute Gasteiger partial charge is 0.354 e. The van der Waals surface area contributed by atoms with Crippen LogP contribution in [0, 0.1) is 5.92 Å². The Labute approximate surface area is 261 Å². The number of Topliss-reactive ketones (excluding diaryl/α,β-unsaturated/α-hetero) is 1. The third-order valence-electron chi connectivity index (χ3n) is 8.51. The standard InChI is InChI=1S/C35H31O4P.C4H10/c1-4-34(2,3)40(38,29-12-6-5-7-13-29)39-28-22-18-26(19-23-28)35(25-16-20-27(36)21-17-25)31-15-9-11-24-10-8-14-30(32(24)31)33(35)37;1-4(2)3/h5-23,38H,4H2,1-3H3;4H,1-3H3/p+1. The first-order valence-corrected chi connectivity index (χ1v) is 17.0. The highest BCUT2D eigenvalue weighted by Crippen LogP contribution is 2.66. The highest BCUT2D eigenvalue weighted by Gasteiger charge is 2.57. The van der Waals surface area contributed by atoms with Gasteiger partial charge in [0.2, 0.25) is 0 Å². The van der Waals surface area contributed by atoms with Crippen LogP contribution in [0.3, 0.4) is 0 Å². The van der Waals surface area contributed by atoms with Crippen molar-refractivity contribution in [3.05, 3.63) is 138 Å². The van der Waals surface area contributed by atoms with Gasteiger partial charge in [-0.25, -0.2) is 4.89 Å². The SMILES string of the molecule is CC(C)C.CCC(C)(C)[P+](O)(Oc1ccc(C2(c3ccc(O)cc3)C(=O)c3cccc4cccc2c34)cc1)c1ccccc1. The molecule has 5 aromatic carbocycles. The van der Waals surface area contributed by atoms with Crippen molar-refractivity contribution in [3.8, 4) is 11.5 Å². The molecule has 1 aliphatic carbocycles. The number of aromatic hydroxyl groups is 1. The number of phenolic OH excluding ortho intramolecular Hbond substituents is 1. The maximum atomic E-state index is 14.4. The molecule has 6 rings (SSSR count). The Balaban J connectivity index is 0.000000906. The molecule has 1 aliphatic rings. The first-order valence-electron chi connectivity index (χ1n) is 15.3. The van der Waals surface area contributed by atoms with Gasteiger partial charge in [-0.3, -0.25) is 4.79 Å². The zero-order valence-corrected chi connectivity index (χ0v) is 27.3. The molecule has 226 valence electrons. The van der Waals surface area contributed by atoms with E-state index in [9.17, 15) is 14.8 Å². The molecular formula is C39H42O4P+. The zero-order valence-electron chi connectivity index (χ0n) is 26.4. The lowest BCUT2D eigenvalue weighted by Gasteiger charge is -2.33. The molecule has 0 saturated heterocycles. The minimum absolute atomic E-state index is 0.000866. The van der Waals surface area contributed by atoms with Crippen LogP contribution in [-0.4, -0.2) is 20.9 Å². The van der Waals surface area contributed by atoms with E-state index in [0.717, 1.165) is 45.1 Å². The Morgan fingerprint density at radius 1 is 0.773 bits per heavy atom. The van der Waals surface area contributed by atoms with Crippen molar-refractivity contribution in [2.24, 2.45) is 5.92 Å². The molecule has 5 heteroatoms. The third-order valence-corrected chi connectivity index (χ3v) is 11.9. The van der Waals surface area contributed by atoms with Gasteiger partial charge in [0.05, 0.1) is 0 Å². The molecule has 2 unspecified atom stereocenters. The van der Waals surface area contributed by atoms with Gasteiger partial charge < -0.3 is 9.63 Å². The van der Waals surface area contributed by atoms with E-state index in [1.165, 1.54) is 0 Å². The molecule has 0 radical (unpaired) electrons. The molecule has 2 atom stereocenters. The molecule has 0 aliphatic heterocycles. The Morgan fingerprint density at radius 2 is 1.32 bits per heavy atom. The summed E-state index contributed by atoms with van der Waals surface area (Å²) in [6, 6.07) is 36.0. The summed E-state index contributed by atoms with van der Waals surface area (Å²) in [5, 5.41) is 12.3. The fourth-order valence-corrected chi connectivity index (χ4v) is 8.39. The van der Waals surface area contributed by atoms with Gasteiger partial charge in [-0.2, -0.15) is 0 Å². The second kappa shape index (κ2) is 12.2. The highest BCUT2D eigenvalue weighted by molar-refractivity contribution is 7.75. The molecule has 0 spiro atoms. The summed E-state index contributed by atoms with van der Waals surface area (Å²) in [4.78, 5) is 26.5. The molecule has 0 amide bonds. The summed E-state index contributed by atoms with van der Waals surface area (Å²) >= 11 is 0. The van der Waals surface area contributed by atoms with E-state index < -0.39 is 18.3 Å². The van der Waals surface area contributed by atoms with E-state index >= 15 is 0 Å². The first-order chi connectivity index (χ1) is 21.0.